The summed E-state index contributed by atoms with van der Waals surface area (Å²) in [6.07, 6.45) is 7.39. The van der Waals surface area contributed by atoms with Gasteiger partial charge in [0.25, 0.3) is 0 Å². The van der Waals surface area contributed by atoms with Crippen LogP contribution in [0.2, 0.25) is 0 Å². The predicted octanol–water partition coefficient (Wildman–Crippen LogP) is 2.96. The van der Waals surface area contributed by atoms with E-state index in [4.69, 9.17) is 4.74 Å². The Bertz CT molecular complexity index is 942. The van der Waals surface area contributed by atoms with Crippen LogP contribution in [0.3, 0.4) is 0 Å². The van der Waals surface area contributed by atoms with Crippen molar-refractivity contribution < 1.29 is 19.4 Å². The van der Waals surface area contributed by atoms with Gasteiger partial charge in [-0.1, -0.05) is 0 Å². The highest BCUT2D eigenvalue weighted by molar-refractivity contribution is 5.86. The Morgan fingerprint density at radius 2 is 1.97 bits per heavy atom. The van der Waals surface area contributed by atoms with Crippen molar-refractivity contribution in [2.24, 2.45) is 5.92 Å². The molecule has 0 bridgehead atoms. The van der Waals surface area contributed by atoms with Crippen LogP contribution in [0.5, 0.6) is 0 Å². The molecule has 0 saturated carbocycles. The Kier molecular flexibility index (Phi) is 5.94. The molecule has 0 unspecified atom stereocenters. The minimum absolute atomic E-state index is 0.0296. The molecule has 1 saturated heterocycles. The van der Waals surface area contributed by atoms with Gasteiger partial charge in [0.2, 0.25) is 5.91 Å². The molecule has 2 amide bonds. The van der Waals surface area contributed by atoms with E-state index < -0.39 is 6.09 Å². The van der Waals surface area contributed by atoms with Crippen LogP contribution < -0.4 is 4.90 Å². The SMILES string of the molecule is CN(Cc1cncc(-c2cnc3c(c2)CCCN3C(=O)O)c1)C(=O)C1CCOCC1. The summed E-state index contributed by atoms with van der Waals surface area (Å²) < 4.78 is 5.35. The van der Waals surface area contributed by atoms with E-state index in [9.17, 15) is 14.7 Å². The number of hydrogen-bond donors (Lipinski definition) is 1. The number of nitrogens with zero attached hydrogens (tertiary/aromatic N) is 4. The van der Waals surface area contributed by atoms with Gasteiger partial charge in [0, 0.05) is 69.0 Å². The molecule has 0 aromatic carbocycles. The Morgan fingerprint density at radius 1 is 1.20 bits per heavy atom. The number of carboxylic acid groups (broad SMARTS) is 1. The van der Waals surface area contributed by atoms with Crippen LogP contribution in [-0.2, 0) is 22.5 Å². The fourth-order valence-corrected chi connectivity index (χ4v) is 4.15. The summed E-state index contributed by atoms with van der Waals surface area (Å²) in [6.45, 7) is 2.25. The molecule has 2 aliphatic rings. The molecule has 8 nitrogen and oxygen atoms in total. The third kappa shape index (κ3) is 4.28. The van der Waals surface area contributed by atoms with E-state index in [1.165, 1.54) is 4.90 Å². The molecule has 0 spiro atoms. The number of aromatic nitrogens is 2. The van der Waals surface area contributed by atoms with Gasteiger partial charge in [-0.25, -0.2) is 9.78 Å². The summed E-state index contributed by atoms with van der Waals surface area (Å²) >= 11 is 0. The van der Waals surface area contributed by atoms with Gasteiger partial charge in [0.05, 0.1) is 0 Å². The van der Waals surface area contributed by atoms with Crippen LogP contribution >= 0.6 is 0 Å². The maximum absolute atomic E-state index is 12.7. The van der Waals surface area contributed by atoms with Gasteiger partial charge < -0.3 is 14.7 Å². The van der Waals surface area contributed by atoms with Gasteiger partial charge in [0.1, 0.15) is 5.82 Å². The number of aryl methyl sites for hydroxylation is 1. The number of fused-ring (bicyclic) bond motifs is 1. The predicted molar refractivity (Wildman–Crippen MR) is 111 cm³/mol. The summed E-state index contributed by atoms with van der Waals surface area (Å²) in [5.41, 5.74) is 3.68. The van der Waals surface area contributed by atoms with Gasteiger partial charge in [0.15, 0.2) is 0 Å². The van der Waals surface area contributed by atoms with E-state index in [0.717, 1.165) is 47.9 Å². The summed E-state index contributed by atoms with van der Waals surface area (Å²) in [5, 5.41) is 9.37. The van der Waals surface area contributed by atoms with E-state index in [-0.39, 0.29) is 11.8 Å². The standard InChI is InChI=1S/C22H26N4O4/c1-25(21(27)16-4-7-30-8-5-16)14-15-9-18(12-23-11-15)19-10-17-3-2-6-26(22(28)29)20(17)24-13-19/h9-13,16H,2-8,14H2,1H3,(H,28,29). The number of rotatable bonds is 4. The van der Waals surface area contributed by atoms with E-state index in [1.54, 1.807) is 23.5 Å². The van der Waals surface area contributed by atoms with Crippen molar-refractivity contribution in [2.45, 2.75) is 32.2 Å². The lowest BCUT2D eigenvalue weighted by atomic mass is 9.98. The Balaban J connectivity index is 1.51. The number of amides is 2. The van der Waals surface area contributed by atoms with Crippen molar-refractivity contribution in [2.75, 3.05) is 31.7 Å². The first kappa shape index (κ1) is 20.3. The molecule has 4 rings (SSSR count). The van der Waals surface area contributed by atoms with Crippen molar-refractivity contribution in [3.8, 4) is 11.1 Å². The molecule has 0 radical (unpaired) electrons. The smallest absolute Gasteiger partial charge is 0.413 e. The molecular formula is C22H26N4O4. The summed E-state index contributed by atoms with van der Waals surface area (Å²) in [4.78, 5) is 35.9. The summed E-state index contributed by atoms with van der Waals surface area (Å²) in [5.74, 6) is 0.693. The Labute approximate surface area is 175 Å². The van der Waals surface area contributed by atoms with Crippen molar-refractivity contribution in [3.05, 3.63) is 41.9 Å². The average Bonchev–Trinajstić information content (AvgIpc) is 2.78. The first-order valence-electron chi connectivity index (χ1n) is 10.3. The monoisotopic (exact) mass is 410 g/mol. The normalized spacial score (nSPS) is 16.8. The highest BCUT2D eigenvalue weighted by Gasteiger charge is 2.25. The van der Waals surface area contributed by atoms with E-state index in [2.05, 4.69) is 9.97 Å². The second-order valence-corrected chi connectivity index (χ2v) is 7.91. The third-order valence-corrected chi connectivity index (χ3v) is 5.75. The molecule has 4 heterocycles. The lowest BCUT2D eigenvalue weighted by molar-refractivity contribution is -0.137. The largest absolute Gasteiger partial charge is 0.465 e. The quantitative estimate of drug-likeness (QED) is 0.833. The first-order valence-corrected chi connectivity index (χ1v) is 10.3. The van der Waals surface area contributed by atoms with Gasteiger partial charge in [-0.3, -0.25) is 14.7 Å². The number of ether oxygens (including phenoxy) is 1. The van der Waals surface area contributed by atoms with Crippen molar-refractivity contribution in [1.82, 2.24) is 14.9 Å². The number of anilines is 1. The molecule has 158 valence electrons. The van der Waals surface area contributed by atoms with Gasteiger partial charge in [-0.15, -0.1) is 0 Å². The van der Waals surface area contributed by atoms with E-state index in [0.29, 0.717) is 32.1 Å². The van der Waals surface area contributed by atoms with Gasteiger partial charge in [-0.05, 0) is 48.9 Å². The highest BCUT2D eigenvalue weighted by Crippen LogP contribution is 2.29. The molecule has 30 heavy (non-hydrogen) atoms. The van der Waals surface area contributed by atoms with Gasteiger partial charge in [-0.2, -0.15) is 0 Å². The fourth-order valence-electron chi connectivity index (χ4n) is 4.15. The molecule has 2 aromatic heterocycles. The van der Waals surface area contributed by atoms with Crippen molar-refractivity contribution >= 4 is 17.8 Å². The van der Waals surface area contributed by atoms with Crippen LogP contribution in [-0.4, -0.2) is 58.8 Å². The number of carbonyl (C=O) groups is 2. The van der Waals surface area contributed by atoms with Crippen LogP contribution in [0.25, 0.3) is 11.1 Å². The van der Waals surface area contributed by atoms with E-state index >= 15 is 0 Å². The van der Waals surface area contributed by atoms with Crippen molar-refractivity contribution in [3.63, 3.8) is 0 Å². The lowest BCUT2D eigenvalue weighted by Crippen LogP contribution is -2.35. The van der Waals surface area contributed by atoms with Gasteiger partial charge >= 0.3 is 6.09 Å². The van der Waals surface area contributed by atoms with Crippen molar-refractivity contribution in [1.29, 1.82) is 0 Å². The molecule has 2 aliphatic heterocycles. The molecule has 0 aliphatic carbocycles. The maximum atomic E-state index is 12.7. The third-order valence-electron chi connectivity index (χ3n) is 5.75. The second kappa shape index (κ2) is 8.79. The summed E-state index contributed by atoms with van der Waals surface area (Å²) in [6, 6.07) is 4.01. The molecule has 1 fully saturated rings. The lowest BCUT2D eigenvalue weighted by Gasteiger charge is -2.27. The molecular weight excluding hydrogens is 384 g/mol. The maximum Gasteiger partial charge on any atom is 0.413 e. The summed E-state index contributed by atoms with van der Waals surface area (Å²) in [7, 11) is 1.82. The molecule has 1 N–H and O–H groups in total. The highest BCUT2D eigenvalue weighted by atomic mass is 16.5. The Morgan fingerprint density at radius 3 is 2.73 bits per heavy atom. The number of hydrogen-bond acceptors (Lipinski definition) is 5. The number of pyridine rings is 2. The van der Waals surface area contributed by atoms with Crippen LogP contribution in [0.15, 0.2) is 30.7 Å². The molecule has 2 aromatic rings. The van der Waals surface area contributed by atoms with Crippen LogP contribution in [0.1, 0.15) is 30.4 Å². The zero-order valence-corrected chi connectivity index (χ0v) is 17.1. The van der Waals surface area contributed by atoms with Crippen LogP contribution in [0, 0.1) is 5.92 Å². The zero-order valence-electron chi connectivity index (χ0n) is 17.1. The first-order chi connectivity index (χ1) is 14.5. The average molecular weight is 410 g/mol. The minimum atomic E-state index is -0.975. The minimum Gasteiger partial charge on any atom is -0.465 e. The second-order valence-electron chi connectivity index (χ2n) is 7.91. The molecule has 8 heteroatoms. The topological polar surface area (TPSA) is 95.9 Å². The van der Waals surface area contributed by atoms with E-state index in [1.807, 2.05) is 19.2 Å². The Hall–Kier alpha value is -3.00. The molecule has 0 atom stereocenters. The van der Waals surface area contributed by atoms with Crippen LogP contribution in [0.4, 0.5) is 10.6 Å². The number of carbonyl (C=O) groups excluding carboxylic acids is 1. The fraction of sp³-hybridized carbons (Fsp3) is 0.455. The zero-order chi connectivity index (χ0) is 21.1.